The number of alkyl halides is 5. The second-order valence-corrected chi connectivity index (χ2v) is 4.31. The maximum absolute atomic E-state index is 13.8. The van der Waals surface area contributed by atoms with Gasteiger partial charge in [-0.1, -0.05) is 0 Å². The molecule has 0 saturated heterocycles. The number of carbonyl (C=O) groups is 2. The number of benzene rings is 1. The highest BCUT2D eigenvalue weighted by Gasteiger charge is 2.57. The van der Waals surface area contributed by atoms with Crippen LogP contribution in [0.3, 0.4) is 0 Å². The summed E-state index contributed by atoms with van der Waals surface area (Å²) in [7, 11) is 1.22. The Morgan fingerprint density at radius 3 is 2.48 bits per heavy atom. The molecule has 4 nitrogen and oxygen atoms in total. The van der Waals surface area contributed by atoms with Gasteiger partial charge in [-0.05, 0) is 23.8 Å². The number of nitrogens with one attached hydrogen (secondary N) is 1. The van der Waals surface area contributed by atoms with Gasteiger partial charge in [0.25, 0.3) is 0 Å². The molecule has 1 aromatic carbocycles. The first-order valence-corrected chi connectivity index (χ1v) is 5.57. The van der Waals surface area contributed by atoms with E-state index in [-0.39, 0.29) is 5.75 Å². The first-order valence-electron chi connectivity index (χ1n) is 5.57. The van der Waals surface area contributed by atoms with Crippen LogP contribution in [0.4, 0.5) is 22.0 Å². The Kier molecular flexibility index (Phi) is 3.38. The number of ketones is 1. The van der Waals surface area contributed by atoms with E-state index >= 15 is 0 Å². The second kappa shape index (κ2) is 4.68. The number of ether oxygens (including phenoxy) is 1. The quantitative estimate of drug-likeness (QED) is 0.853. The zero-order valence-corrected chi connectivity index (χ0v) is 10.4. The lowest BCUT2D eigenvalue weighted by Crippen LogP contribution is -2.45. The van der Waals surface area contributed by atoms with Crippen molar-refractivity contribution >= 4 is 11.7 Å². The van der Waals surface area contributed by atoms with Crippen molar-refractivity contribution in [1.29, 1.82) is 0 Å². The van der Waals surface area contributed by atoms with Crippen molar-refractivity contribution in [3.8, 4) is 5.75 Å². The van der Waals surface area contributed by atoms with E-state index in [0.29, 0.717) is 0 Å². The van der Waals surface area contributed by atoms with Gasteiger partial charge < -0.3 is 10.1 Å². The molecule has 0 bridgehead atoms. The normalized spacial score (nSPS) is 20.1. The van der Waals surface area contributed by atoms with Crippen molar-refractivity contribution in [3.05, 3.63) is 29.3 Å². The summed E-state index contributed by atoms with van der Waals surface area (Å²) in [4.78, 5) is 22.4. The first kappa shape index (κ1) is 15.2. The standard InChI is InChI=1S/C12H8F5NO3/c1-21-5-2-3-6-7(4-5)8(11(13,14)9(6)19)18-10(20)12(15,16)17/h2-4,8H,1H3,(H,18,20)/t8-/m0/s1. The predicted octanol–water partition coefficient (Wildman–Crippen LogP) is 2.25. The van der Waals surface area contributed by atoms with Crippen LogP contribution in [0.2, 0.25) is 0 Å². The summed E-state index contributed by atoms with van der Waals surface area (Å²) in [6.45, 7) is 0. The van der Waals surface area contributed by atoms with Gasteiger partial charge in [-0.15, -0.1) is 0 Å². The van der Waals surface area contributed by atoms with E-state index in [1.54, 1.807) is 0 Å². The van der Waals surface area contributed by atoms with Crippen LogP contribution < -0.4 is 10.1 Å². The van der Waals surface area contributed by atoms with E-state index in [9.17, 15) is 31.5 Å². The Morgan fingerprint density at radius 1 is 1.33 bits per heavy atom. The molecule has 9 heteroatoms. The van der Waals surface area contributed by atoms with Crippen molar-refractivity contribution in [1.82, 2.24) is 5.32 Å². The fraction of sp³-hybridized carbons (Fsp3) is 0.333. The monoisotopic (exact) mass is 309 g/mol. The molecule has 0 unspecified atom stereocenters. The minimum Gasteiger partial charge on any atom is -0.497 e. The summed E-state index contributed by atoms with van der Waals surface area (Å²) in [6, 6.07) is 0.852. The third kappa shape index (κ3) is 2.43. The molecule has 0 aromatic heterocycles. The molecule has 1 N–H and O–H groups in total. The fourth-order valence-corrected chi connectivity index (χ4v) is 2.00. The number of hydrogen-bond acceptors (Lipinski definition) is 3. The molecule has 1 atom stereocenters. The largest absolute Gasteiger partial charge is 0.497 e. The maximum Gasteiger partial charge on any atom is 0.471 e. The first-order chi connectivity index (χ1) is 9.59. The third-order valence-corrected chi connectivity index (χ3v) is 3.01. The Bertz CT molecular complexity index is 611. The number of rotatable bonds is 2. The summed E-state index contributed by atoms with van der Waals surface area (Å²) in [5.74, 6) is -8.27. The summed E-state index contributed by atoms with van der Waals surface area (Å²) in [6.07, 6.45) is -5.33. The van der Waals surface area contributed by atoms with Gasteiger partial charge in [-0.2, -0.15) is 22.0 Å². The van der Waals surface area contributed by atoms with Crippen LogP contribution in [0, 0.1) is 0 Å². The molecular weight excluding hydrogens is 301 g/mol. The van der Waals surface area contributed by atoms with Crippen molar-refractivity contribution in [2.24, 2.45) is 0 Å². The Hall–Kier alpha value is -2.19. The van der Waals surface area contributed by atoms with E-state index < -0.39 is 41.0 Å². The van der Waals surface area contributed by atoms with Crippen LogP contribution in [-0.2, 0) is 4.79 Å². The maximum atomic E-state index is 13.8. The van der Waals surface area contributed by atoms with E-state index in [1.165, 1.54) is 13.2 Å². The summed E-state index contributed by atoms with van der Waals surface area (Å²) >= 11 is 0. The van der Waals surface area contributed by atoms with Crippen molar-refractivity contribution in [2.75, 3.05) is 7.11 Å². The highest BCUT2D eigenvalue weighted by molar-refractivity contribution is 6.07. The molecule has 0 fully saturated rings. The summed E-state index contributed by atoms with van der Waals surface area (Å²) in [5.41, 5.74) is -0.866. The smallest absolute Gasteiger partial charge is 0.471 e. The SMILES string of the molecule is COc1ccc2c(c1)[C@H](NC(=O)C(F)(F)F)C(F)(F)C2=O. The molecule has 0 saturated carbocycles. The number of hydrogen-bond donors (Lipinski definition) is 1. The molecule has 1 amide bonds. The number of amides is 1. The van der Waals surface area contributed by atoms with Crippen molar-refractivity contribution < 1.29 is 36.3 Å². The fourth-order valence-electron chi connectivity index (χ4n) is 2.00. The molecule has 1 aromatic rings. The van der Waals surface area contributed by atoms with Gasteiger partial charge in [0.05, 0.1) is 7.11 Å². The van der Waals surface area contributed by atoms with E-state index in [4.69, 9.17) is 4.74 Å². The zero-order chi connectivity index (χ0) is 16.0. The van der Waals surface area contributed by atoms with Gasteiger partial charge in [0.1, 0.15) is 11.8 Å². The van der Waals surface area contributed by atoms with E-state index in [0.717, 1.165) is 17.4 Å². The van der Waals surface area contributed by atoms with Crippen LogP contribution in [0.25, 0.3) is 0 Å². The molecule has 0 heterocycles. The minimum absolute atomic E-state index is 0.0745. The van der Waals surface area contributed by atoms with E-state index in [1.807, 2.05) is 0 Å². The van der Waals surface area contributed by atoms with Crippen LogP contribution in [0.15, 0.2) is 18.2 Å². The molecule has 2 rings (SSSR count). The molecule has 0 aliphatic heterocycles. The molecule has 114 valence electrons. The highest BCUT2D eigenvalue weighted by atomic mass is 19.4. The lowest BCUT2D eigenvalue weighted by atomic mass is 10.1. The van der Waals surface area contributed by atoms with Gasteiger partial charge in [-0.3, -0.25) is 9.59 Å². The second-order valence-electron chi connectivity index (χ2n) is 4.31. The van der Waals surface area contributed by atoms with Crippen LogP contribution in [-0.4, -0.2) is 30.9 Å². The van der Waals surface area contributed by atoms with Gasteiger partial charge >= 0.3 is 18.0 Å². The average molecular weight is 309 g/mol. The number of methoxy groups -OCH3 is 1. The number of halogens is 5. The molecule has 0 radical (unpaired) electrons. The van der Waals surface area contributed by atoms with Gasteiger partial charge in [0.2, 0.25) is 5.78 Å². The average Bonchev–Trinajstić information content (AvgIpc) is 2.58. The van der Waals surface area contributed by atoms with Gasteiger partial charge in [0, 0.05) is 5.56 Å². The summed E-state index contributed by atoms with van der Waals surface area (Å²) in [5, 5.41) is 1.16. The van der Waals surface area contributed by atoms with Crippen LogP contribution in [0.1, 0.15) is 22.0 Å². The third-order valence-electron chi connectivity index (χ3n) is 3.01. The van der Waals surface area contributed by atoms with Crippen LogP contribution >= 0.6 is 0 Å². The summed E-state index contributed by atoms with van der Waals surface area (Å²) < 4.78 is 69.0. The number of carbonyl (C=O) groups excluding carboxylic acids is 2. The molecule has 1 aliphatic rings. The topological polar surface area (TPSA) is 55.4 Å². The van der Waals surface area contributed by atoms with Gasteiger partial charge in [0.15, 0.2) is 0 Å². The Labute approximate surface area is 114 Å². The number of fused-ring (bicyclic) bond motifs is 1. The predicted molar refractivity (Wildman–Crippen MR) is 59.2 cm³/mol. The highest BCUT2D eigenvalue weighted by Crippen LogP contribution is 2.44. The van der Waals surface area contributed by atoms with Gasteiger partial charge in [-0.25, -0.2) is 0 Å². The van der Waals surface area contributed by atoms with Crippen molar-refractivity contribution in [2.45, 2.75) is 18.1 Å². The van der Waals surface area contributed by atoms with Crippen LogP contribution in [0.5, 0.6) is 5.75 Å². The lowest BCUT2D eigenvalue weighted by molar-refractivity contribution is -0.176. The molecule has 0 spiro atoms. The molecule has 21 heavy (non-hydrogen) atoms. The molecule has 1 aliphatic carbocycles. The zero-order valence-electron chi connectivity index (χ0n) is 10.4. The minimum atomic E-state index is -5.33. The lowest BCUT2D eigenvalue weighted by Gasteiger charge is -2.20. The Morgan fingerprint density at radius 2 is 1.95 bits per heavy atom. The van der Waals surface area contributed by atoms with Crippen molar-refractivity contribution in [3.63, 3.8) is 0 Å². The van der Waals surface area contributed by atoms with E-state index in [2.05, 4.69) is 0 Å². The number of Topliss-reactive ketones (excluding diaryl/α,β-unsaturated/α-hetero) is 1. The molecular formula is C12H8F5NO3. The Balaban J connectivity index is 2.46.